The van der Waals surface area contributed by atoms with Crippen LogP contribution in [-0.2, 0) is 23.3 Å². The van der Waals surface area contributed by atoms with Gasteiger partial charge in [-0.3, -0.25) is 9.63 Å². The molecule has 1 aromatic carbocycles. The second kappa shape index (κ2) is 7.50. The molecule has 8 nitrogen and oxygen atoms in total. The zero-order valence-electron chi connectivity index (χ0n) is 13.2. The Morgan fingerprint density at radius 2 is 2.22 bits per heavy atom. The molecule has 0 saturated carbocycles. The average Bonchev–Trinajstić information content (AvgIpc) is 2.87. The number of nitrogens with one attached hydrogen (secondary N) is 1. The summed E-state index contributed by atoms with van der Waals surface area (Å²) in [5, 5.41) is 7.54. The van der Waals surface area contributed by atoms with E-state index in [2.05, 4.69) is 22.5 Å². The summed E-state index contributed by atoms with van der Waals surface area (Å²) < 4.78 is 2.31. The predicted octanol–water partition coefficient (Wildman–Crippen LogP) is 0.957. The molecule has 23 heavy (non-hydrogen) atoms. The van der Waals surface area contributed by atoms with Crippen molar-refractivity contribution in [1.82, 2.24) is 25.3 Å². The highest BCUT2D eigenvalue weighted by Gasteiger charge is 2.14. The maximum Gasteiger partial charge on any atom is 0.368 e. The summed E-state index contributed by atoms with van der Waals surface area (Å²) in [5.74, 6) is -0.193. The molecule has 0 unspecified atom stereocenters. The van der Waals surface area contributed by atoms with Crippen LogP contribution in [0.15, 0.2) is 29.6 Å². The molecule has 2 aromatic rings. The van der Waals surface area contributed by atoms with Crippen molar-refractivity contribution in [3.8, 4) is 5.69 Å². The van der Waals surface area contributed by atoms with Crippen LogP contribution < -0.4 is 11.2 Å². The molecule has 0 aliphatic carbocycles. The molecule has 0 spiro atoms. The Balaban J connectivity index is 2.30. The van der Waals surface area contributed by atoms with Crippen molar-refractivity contribution in [1.29, 1.82) is 0 Å². The number of amides is 1. The number of carbonyl (C=O) groups is 1. The zero-order valence-corrected chi connectivity index (χ0v) is 13.2. The third-order valence-electron chi connectivity index (χ3n) is 3.24. The van der Waals surface area contributed by atoms with Crippen LogP contribution in [0.4, 0.5) is 0 Å². The van der Waals surface area contributed by atoms with Gasteiger partial charge < -0.3 is 0 Å². The van der Waals surface area contributed by atoms with Crippen LogP contribution in [0.3, 0.4) is 0 Å². The molecule has 0 aliphatic rings. The van der Waals surface area contributed by atoms with Gasteiger partial charge in [0.05, 0.1) is 5.69 Å². The lowest BCUT2D eigenvalue weighted by atomic mass is 10.1. The maximum absolute atomic E-state index is 12.1. The molecule has 0 atom stereocenters. The summed E-state index contributed by atoms with van der Waals surface area (Å²) in [6.45, 7) is 5.74. The number of aryl methyl sites for hydroxylation is 1. The Morgan fingerprint density at radius 3 is 2.83 bits per heavy atom. The van der Waals surface area contributed by atoms with Gasteiger partial charge in [0.15, 0.2) is 0 Å². The lowest BCUT2D eigenvalue weighted by Crippen LogP contribution is -2.25. The van der Waals surface area contributed by atoms with Gasteiger partial charge in [0.1, 0.15) is 6.61 Å². The number of nitrogens with zero attached hydrogens (tertiary/aromatic N) is 4. The van der Waals surface area contributed by atoms with Crippen molar-refractivity contribution in [2.75, 3.05) is 0 Å². The van der Waals surface area contributed by atoms with E-state index in [0.717, 1.165) is 16.7 Å². The van der Waals surface area contributed by atoms with Crippen LogP contribution in [-0.4, -0.2) is 25.7 Å². The van der Waals surface area contributed by atoms with Gasteiger partial charge in [-0.1, -0.05) is 31.7 Å². The first kappa shape index (κ1) is 16.6. The molecule has 0 fully saturated rings. The van der Waals surface area contributed by atoms with Gasteiger partial charge in [-0.15, -0.1) is 0 Å². The Bertz CT molecular complexity index is 763. The second-order valence-corrected chi connectivity index (χ2v) is 4.91. The van der Waals surface area contributed by atoms with Gasteiger partial charge >= 0.3 is 5.69 Å². The summed E-state index contributed by atoms with van der Waals surface area (Å²) in [7, 11) is 1.52. The van der Waals surface area contributed by atoms with Crippen LogP contribution in [0, 0.1) is 0 Å². The highest BCUT2D eigenvalue weighted by atomic mass is 16.6. The van der Waals surface area contributed by atoms with Crippen molar-refractivity contribution in [2.45, 2.75) is 26.4 Å². The van der Waals surface area contributed by atoms with Gasteiger partial charge in [-0.05, 0) is 28.5 Å². The predicted molar refractivity (Wildman–Crippen MR) is 84.5 cm³/mol. The van der Waals surface area contributed by atoms with Gasteiger partial charge in [-0.25, -0.2) is 10.3 Å². The number of hydrogen-bond donors (Lipinski definition) is 1. The number of aromatic nitrogens is 4. The molecule has 1 heterocycles. The van der Waals surface area contributed by atoms with Gasteiger partial charge in [0, 0.05) is 19.0 Å². The SMILES string of the molecule is C=Cc1cccc(-n2nnn(C)c2=O)c1CONC(=O)CCC. The Hall–Kier alpha value is -2.74. The fraction of sp³-hybridized carbons (Fsp3) is 0.333. The fourth-order valence-corrected chi connectivity index (χ4v) is 2.07. The van der Waals surface area contributed by atoms with Crippen molar-refractivity contribution in [3.63, 3.8) is 0 Å². The highest BCUT2D eigenvalue weighted by Crippen LogP contribution is 2.19. The van der Waals surface area contributed by atoms with Crippen LogP contribution in [0.1, 0.15) is 30.9 Å². The number of carbonyl (C=O) groups excluding carboxylic acids is 1. The molecule has 0 bridgehead atoms. The van der Waals surface area contributed by atoms with Crippen molar-refractivity contribution >= 4 is 12.0 Å². The number of hydroxylamine groups is 1. The van der Waals surface area contributed by atoms with Gasteiger partial charge in [0.25, 0.3) is 0 Å². The highest BCUT2D eigenvalue weighted by molar-refractivity contribution is 5.74. The summed E-state index contributed by atoms with van der Waals surface area (Å²) in [4.78, 5) is 28.8. The first-order valence-electron chi connectivity index (χ1n) is 7.22. The minimum absolute atomic E-state index is 0.0794. The topological polar surface area (TPSA) is 91.0 Å². The molecule has 0 radical (unpaired) electrons. The van der Waals surface area contributed by atoms with Crippen LogP contribution in [0.5, 0.6) is 0 Å². The Morgan fingerprint density at radius 1 is 1.43 bits per heavy atom. The standard InChI is InChI=1S/C15H19N5O3/c1-4-7-14(21)16-23-10-12-11(5-2)8-6-9-13(12)20-15(22)19(3)17-18-20/h5-6,8-9H,2,4,7,10H2,1,3H3,(H,16,21). The molecule has 0 saturated heterocycles. The quantitative estimate of drug-likeness (QED) is 0.768. The third-order valence-corrected chi connectivity index (χ3v) is 3.24. The lowest BCUT2D eigenvalue weighted by Gasteiger charge is -2.12. The minimum Gasteiger partial charge on any atom is -0.273 e. The van der Waals surface area contributed by atoms with Gasteiger partial charge in [-0.2, -0.15) is 9.36 Å². The van der Waals surface area contributed by atoms with E-state index >= 15 is 0 Å². The first-order valence-corrected chi connectivity index (χ1v) is 7.22. The lowest BCUT2D eigenvalue weighted by molar-refractivity contribution is -0.134. The van der Waals surface area contributed by atoms with E-state index in [9.17, 15) is 9.59 Å². The second-order valence-electron chi connectivity index (χ2n) is 4.91. The van der Waals surface area contributed by atoms with E-state index in [1.54, 1.807) is 18.2 Å². The summed E-state index contributed by atoms with van der Waals surface area (Å²) in [5.41, 5.74) is 4.00. The van der Waals surface area contributed by atoms with E-state index in [0.29, 0.717) is 17.7 Å². The monoisotopic (exact) mass is 317 g/mol. The van der Waals surface area contributed by atoms with Crippen molar-refractivity contribution in [3.05, 3.63) is 46.4 Å². The molecule has 2 rings (SSSR count). The molecule has 1 aromatic heterocycles. The normalized spacial score (nSPS) is 10.5. The number of benzene rings is 1. The minimum atomic E-state index is -0.373. The number of rotatable bonds is 7. The molecule has 122 valence electrons. The van der Waals surface area contributed by atoms with E-state index in [-0.39, 0.29) is 18.2 Å². The summed E-state index contributed by atoms with van der Waals surface area (Å²) in [6, 6.07) is 5.35. The smallest absolute Gasteiger partial charge is 0.273 e. The average molecular weight is 317 g/mol. The van der Waals surface area contributed by atoms with E-state index < -0.39 is 0 Å². The molecule has 0 aliphatic heterocycles. The van der Waals surface area contributed by atoms with E-state index in [1.807, 2.05) is 13.0 Å². The molecule has 8 heteroatoms. The van der Waals surface area contributed by atoms with Crippen LogP contribution in [0.2, 0.25) is 0 Å². The first-order chi connectivity index (χ1) is 11.1. The zero-order chi connectivity index (χ0) is 16.8. The van der Waals surface area contributed by atoms with Crippen LogP contribution in [0.25, 0.3) is 11.8 Å². The number of hydrogen-bond acceptors (Lipinski definition) is 5. The Labute approximate surface area is 133 Å². The maximum atomic E-state index is 12.1. The molecular weight excluding hydrogens is 298 g/mol. The summed E-state index contributed by atoms with van der Waals surface area (Å²) in [6.07, 6.45) is 2.77. The Kier molecular flexibility index (Phi) is 5.42. The molecule has 1 amide bonds. The van der Waals surface area contributed by atoms with E-state index in [1.165, 1.54) is 11.7 Å². The van der Waals surface area contributed by atoms with Crippen LogP contribution >= 0.6 is 0 Å². The van der Waals surface area contributed by atoms with E-state index in [4.69, 9.17) is 4.84 Å². The van der Waals surface area contributed by atoms with Crippen molar-refractivity contribution < 1.29 is 9.63 Å². The molecular formula is C15H19N5O3. The summed E-state index contributed by atoms with van der Waals surface area (Å²) >= 11 is 0. The molecule has 1 N–H and O–H groups in total. The largest absolute Gasteiger partial charge is 0.368 e. The van der Waals surface area contributed by atoms with Gasteiger partial charge in [0.2, 0.25) is 5.91 Å². The fourth-order valence-electron chi connectivity index (χ4n) is 2.07. The number of tetrazole rings is 1. The van der Waals surface area contributed by atoms with Crippen molar-refractivity contribution in [2.24, 2.45) is 7.05 Å². The third kappa shape index (κ3) is 3.72.